The Labute approximate surface area is 174 Å². The van der Waals surface area contributed by atoms with E-state index in [1.807, 2.05) is 87.5 Å². The van der Waals surface area contributed by atoms with Gasteiger partial charge in [-0.3, -0.25) is 4.79 Å². The van der Waals surface area contributed by atoms with Crippen molar-refractivity contribution < 1.29 is 4.79 Å². The molecular weight excluding hydrogens is 376 g/mol. The van der Waals surface area contributed by atoms with Gasteiger partial charge in [-0.25, -0.2) is 4.68 Å². The van der Waals surface area contributed by atoms with Gasteiger partial charge in [0, 0.05) is 22.6 Å². The summed E-state index contributed by atoms with van der Waals surface area (Å²) in [6.45, 7) is 5.84. The van der Waals surface area contributed by atoms with Gasteiger partial charge in [0.2, 0.25) is 0 Å². The molecule has 0 aliphatic heterocycles. The molecule has 0 bridgehead atoms. The third kappa shape index (κ3) is 4.20. The summed E-state index contributed by atoms with van der Waals surface area (Å²) in [5.41, 5.74) is 5.11. The normalized spacial score (nSPS) is 10.6. The van der Waals surface area contributed by atoms with E-state index in [1.54, 1.807) is 4.68 Å². The van der Waals surface area contributed by atoms with E-state index in [4.69, 9.17) is 0 Å². The van der Waals surface area contributed by atoms with E-state index >= 15 is 0 Å². The number of nitrogens with one attached hydrogen (secondary N) is 2. The second kappa shape index (κ2) is 8.16. The molecule has 30 heavy (non-hydrogen) atoms. The lowest BCUT2D eigenvalue weighted by molar-refractivity contribution is 0.102. The number of rotatable bonds is 5. The van der Waals surface area contributed by atoms with Gasteiger partial charge in [-0.15, -0.1) is 10.2 Å². The zero-order valence-electron chi connectivity index (χ0n) is 17.0. The van der Waals surface area contributed by atoms with Crippen LogP contribution in [0.2, 0.25) is 0 Å². The highest BCUT2D eigenvalue weighted by Crippen LogP contribution is 2.19. The van der Waals surface area contributed by atoms with Crippen LogP contribution >= 0.6 is 0 Å². The van der Waals surface area contributed by atoms with E-state index < -0.39 is 0 Å². The molecule has 0 spiro atoms. The first-order chi connectivity index (χ1) is 14.5. The Balaban J connectivity index is 1.42. The van der Waals surface area contributed by atoms with Crippen molar-refractivity contribution in [3.8, 4) is 5.82 Å². The first kappa shape index (κ1) is 19.3. The van der Waals surface area contributed by atoms with E-state index in [0.29, 0.717) is 17.2 Å². The lowest BCUT2D eigenvalue weighted by atomic mass is 10.1. The molecule has 1 amide bonds. The standard InChI is InChI=1S/C23H22N6O/c1-15-6-4-5-7-20(15)23(30)25-19-10-8-18(9-11-19)24-21-12-13-22(27-26-21)29-17(3)14-16(2)28-29/h4-14H,1-3H3,(H,24,26)(H,25,30). The zero-order chi connectivity index (χ0) is 21.1. The molecule has 0 unspecified atom stereocenters. The van der Waals surface area contributed by atoms with Gasteiger partial charge in [-0.2, -0.15) is 5.10 Å². The van der Waals surface area contributed by atoms with Crippen LogP contribution in [0.1, 0.15) is 27.3 Å². The van der Waals surface area contributed by atoms with Gasteiger partial charge in [0.15, 0.2) is 11.6 Å². The number of anilines is 3. The second-order valence-electron chi connectivity index (χ2n) is 7.09. The minimum atomic E-state index is -0.126. The van der Waals surface area contributed by atoms with Crippen LogP contribution in [-0.4, -0.2) is 25.9 Å². The molecule has 0 atom stereocenters. The molecule has 150 valence electrons. The molecule has 4 rings (SSSR count). The molecule has 0 aliphatic carbocycles. The smallest absolute Gasteiger partial charge is 0.255 e. The van der Waals surface area contributed by atoms with E-state index in [0.717, 1.165) is 28.3 Å². The van der Waals surface area contributed by atoms with Gasteiger partial charge in [-0.1, -0.05) is 18.2 Å². The summed E-state index contributed by atoms with van der Waals surface area (Å²) >= 11 is 0. The highest BCUT2D eigenvalue weighted by molar-refractivity contribution is 6.05. The zero-order valence-corrected chi connectivity index (χ0v) is 17.0. The highest BCUT2D eigenvalue weighted by atomic mass is 16.1. The number of carbonyl (C=O) groups is 1. The lowest BCUT2D eigenvalue weighted by Crippen LogP contribution is -2.13. The quantitative estimate of drug-likeness (QED) is 0.514. The third-order valence-electron chi connectivity index (χ3n) is 4.68. The first-order valence-electron chi connectivity index (χ1n) is 9.61. The fourth-order valence-electron chi connectivity index (χ4n) is 3.18. The van der Waals surface area contributed by atoms with Crippen molar-refractivity contribution in [1.29, 1.82) is 0 Å². The van der Waals surface area contributed by atoms with Crippen molar-refractivity contribution in [1.82, 2.24) is 20.0 Å². The largest absolute Gasteiger partial charge is 0.339 e. The molecule has 0 aliphatic rings. The van der Waals surface area contributed by atoms with Crippen LogP contribution in [0.3, 0.4) is 0 Å². The maximum Gasteiger partial charge on any atom is 0.255 e. The Morgan fingerprint density at radius 1 is 0.867 bits per heavy atom. The molecule has 2 aromatic heterocycles. The Morgan fingerprint density at radius 3 is 2.23 bits per heavy atom. The van der Waals surface area contributed by atoms with Gasteiger partial charge in [-0.05, 0) is 74.9 Å². The number of hydrogen-bond acceptors (Lipinski definition) is 5. The summed E-state index contributed by atoms with van der Waals surface area (Å²) in [6, 6.07) is 20.7. The summed E-state index contributed by atoms with van der Waals surface area (Å²) < 4.78 is 1.76. The number of amides is 1. The number of nitrogens with zero attached hydrogens (tertiary/aromatic N) is 4. The van der Waals surface area contributed by atoms with Crippen molar-refractivity contribution in [3.63, 3.8) is 0 Å². The van der Waals surface area contributed by atoms with Crippen molar-refractivity contribution in [2.45, 2.75) is 20.8 Å². The van der Waals surface area contributed by atoms with Gasteiger partial charge in [0.1, 0.15) is 0 Å². The average molecular weight is 398 g/mol. The number of hydrogen-bond donors (Lipinski definition) is 2. The lowest BCUT2D eigenvalue weighted by Gasteiger charge is -2.09. The molecular formula is C23H22N6O. The van der Waals surface area contributed by atoms with Gasteiger partial charge >= 0.3 is 0 Å². The molecule has 0 fully saturated rings. The number of aryl methyl sites for hydroxylation is 3. The molecule has 4 aromatic rings. The van der Waals surface area contributed by atoms with E-state index in [9.17, 15) is 4.79 Å². The Morgan fingerprint density at radius 2 is 1.60 bits per heavy atom. The third-order valence-corrected chi connectivity index (χ3v) is 4.68. The fourth-order valence-corrected chi connectivity index (χ4v) is 3.18. The van der Waals surface area contributed by atoms with Gasteiger partial charge < -0.3 is 10.6 Å². The van der Waals surface area contributed by atoms with Gasteiger partial charge in [0.25, 0.3) is 5.91 Å². The molecule has 2 heterocycles. The minimum absolute atomic E-state index is 0.126. The molecule has 7 heteroatoms. The Hall–Kier alpha value is -4.00. The summed E-state index contributed by atoms with van der Waals surface area (Å²) in [7, 11) is 0. The van der Waals surface area contributed by atoms with Crippen LogP contribution in [0.5, 0.6) is 0 Å². The van der Waals surface area contributed by atoms with Crippen molar-refractivity contribution in [2.75, 3.05) is 10.6 Å². The summed E-state index contributed by atoms with van der Waals surface area (Å²) in [5, 5.41) is 19.0. The van der Waals surface area contributed by atoms with Crippen LogP contribution < -0.4 is 10.6 Å². The number of benzene rings is 2. The molecule has 0 saturated carbocycles. The molecule has 7 nitrogen and oxygen atoms in total. The van der Waals surface area contributed by atoms with Crippen LogP contribution in [0.4, 0.5) is 17.2 Å². The maximum atomic E-state index is 12.4. The summed E-state index contributed by atoms with van der Waals surface area (Å²) in [4.78, 5) is 12.4. The SMILES string of the molecule is Cc1cc(C)n(-c2ccc(Nc3ccc(NC(=O)c4ccccc4C)cc3)nn2)n1. The van der Waals surface area contributed by atoms with Gasteiger partial charge in [0.05, 0.1) is 5.69 Å². The van der Waals surface area contributed by atoms with E-state index in [2.05, 4.69) is 25.9 Å². The van der Waals surface area contributed by atoms with E-state index in [1.165, 1.54) is 0 Å². The predicted octanol–water partition coefficient (Wildman–Crippen LogP) is 4.58. The topological polar surface area (TPSA) is 84.7 Å². The van der Waals surface area contributed by atoms with Crippen LogP contribution in [0.15, 0.2) is 66.7 Å². The van der Waals surface area contributed by atoms with Crippen LogP contribution in [0, 0.1) is 20.8 Å². The van der Waals surface area contributed by atoms with Crippen molar-refractivity contribution in [2.24, 2.45) is 0 Å². The highest BCUT2D eigenvalue weighted by Gasteiger charge is 2.09. The Bertz CT molecular complexity index is 1180. The summed E-state index contributed by atoms with van der Waals surface area (Å²) in [6.07, 6.45) is 0. The monoisotopic (exact) mass is 398 g/mol. The number of carbonyl (C=O) groups excluding carboxylic acids is 1. The molecule has 0 radical (unpaired) electrons. The minimum Gasteiger partial charge on any atom is -0.339 e. The van der Waals surface area contributed by atoms with Crippen molar-refractivity contribution in [3.05, 3.63) is 89.2 Å². The maximum absolute atomic E-state index is 12.4. The fraction of sp³-hybridized carbons (Fsp3) is 0.130. The predicted molar refractivity (Wildman–Crippen MR) is 117 cm³/mol. The van der Waals surface area contributed by atoms with Crippen LogP contribution in [0.25, 0.3) is 5.82 Å². The summed E-state index contributed by atoms with van der Waals surface area (Å²) in [5.74, 6) is 1.16. The molecule has 2 N–H and O–H groups in total. The van der Waals surface area contributed by atoms with Crippen LogP contribution in [-0.2, 0) is 0 Å². The second-order valence-corrected chi connectivity index (χ2v) is 7.09. The first-order valence-corrected chi connectivity index (χ1v) is 9.61. The Kier molecular flexibility index (Phi) is 5.26. The molecule has 0 saturated heterocycles. The molecule has 2 aromatic carbocycles. The average Bonchev–Trinajstić information content (AvgIpc) is 3.08. The number of aromatic nitrogens is 4. The van der Waals surface area contributed by atoms with E-state index in [-0.39, 0.29) is 5.91 Å². The van der Waals surface area contributed by atoms with Crippen molar-refractivity contribution >= 4 is 23.1 Å².